The normalized spacial score (nSPS) is 9.44. The fourth-order valence-corrected chi connectivity index (χ4v) is 1.21. The number of hydrogen-bond donors (Lipinski definition) is 0. The first-order valence-corrected chi connectivity index (χ1v) is 5.97. The molecule has 1 aromatic rings. The van der Waals surface area contributed by atoms with Crippen molar-refractivity contribution in [3.8, 4) is 11.5 Å². The molecule has 0 amide bonds. The summed E-state index contributed by atoms with van der Waals surface area (Å²) in [5.74, 6) is 1.95. The lowest BCUT2D eigenvalue weighted by Gasteiger charge is -2.10. The van der Waals surface area contributed by atoms with E-state index in [1.165, 1.54) is 0 Å². The maximum Gasteiger partial charge on any atom is 0.138 e. The number of ether oxygens (including phenoxy) is 2. The third-order valence-corrected chi connectivity index (χ3v) is 2.01. The van der Waals surface area contributed by atoms with Gasteiger partial charge in [-0.15, -0.1) is 0 Å². The van der Waals surface area contributed by atoms with Crippen LogP contribution in [0.3, 0.4) is 0 Å². The zero-order chi connectivity index (χ0) is 12.6. The summed E-state index contributed by atoms with van der Waals surface area (Å²) in [6, 6.07) is 5.41. The van der Waals surface area contributed by atoms with Crippen molar-refractivity contribution in [3.05, 3.63) is 23.2 Å². The first kappa shape index (κ1) is 15.1. The number of hydrogen-bond acceptors (Lipinski definition) is 2. The second kappa shape index (κ2) is 8.28. The molecule has 0 aliphatic rings. The molecule has 0 atom stereocenters. The molecular formula is C13H21ClO2. The van der Waals surface area contributed by atoms with Crippen LogP contribution in [0.2, 0.25) is 5.02 Å². The molecule has 0 fully saturated rings. The highest BCUT2D eigenvalue weighted by Gasteiger charge is 2.04. The molecule has 0 radical (unpaired) electrons. The molecule has 0 saturated carbocycles. The molecule has 0 spiro atoms. The molecule has 92 valence electrons. The molecule has 1 aromatic carbocycles. The van der Waals surface area contributed by atoms with E-state index in [2.05, 4.69) is 13.8 Å². The van der Waals surface area contributed by atoms with Crippen molar-refractivity contribution in [1.82, 2.24) is 0 Å². The zero-order valence-electron chi connectivity index (χ0n) is 10.7. The summed E-state index contributed by atoms with van der Waals surface area (Å²) in [4.78, 5) is 0. The van der Waals surface area contributed by atoms with Gasteiger partial charge in [-0.1, -0.05) is 39.3 Å². The molecule has 0 aliphatic carbocycles. The summed E-state index contributed by atoms with van der Waals surface area (Å²) in [5, 5.41) is 0.588. The summed E-state index contributed by atoms with van der Waals surface area (Å²) in [7, 11) is 1.61. The molecule has 0 saturated heterocycles. The van der Waals surface area contributed by atoms with Gasteiger partial charge >= 0.3 is 0 Å². The van der Waals surface area contributed by atoms with Crippen LogP contribution < -0.4 is 9.47 Å². The van der Waals surface area contributed by atoms with Crippen molar-refractivity contribution < 1.29 is 9.47 Å². The molecule has 3 heteroatoms. The molecule has 2 nitrogen and oxygen atoms in total. The van der Waals surface area contributed by atoms with Crippen LogP contribution in [0.4, 0.5) is 0 Å². The van der Waals surface area contributed by atoms with E-state index in [9.17, 15) is 0 Å². The van der Waals surface area contributed by atoms with Crippen LogP contribution in [0.25, 0.3) is 0 Å². The largest absolute Gasteiger partial charge is 0.497 e. The van der Waals surface area contributed by atoms with Crippen molar-refractivity contribution >= 4 is 11.6 Å². The molecule has 0 bridgehead atoms. The summed E-state index contributed by atoms with van der Waals surface area (Å²) in [6.45, 7) is 8.86. The van der Waals surface area contributed by atoms with Crippen molar-refractivity contribution in [2.45, 2.75) is 27.7 Å². The fraction of sp³-hybridized carbons (Fsp3) is 0.538. The SMILES string of the molecule is CC.COc1ccc(OCC(C)C)c(Cl)c1. The van der Waals surface area contributed by atoms with Gasteiger partial charge in [0.2, 0.25) is 0 Å². The topological polar surface area (TPSA) is 18.5 Å². The standard InChI is InChI=1S/C11H15ClO2.C2H6/c1-8(2)7-14-11-5-4-9(13-3)6-10(11)12;1-2/h4-6,8H,7H2,1-3H3;1-2H3. The molecule has 0 aliphatic heterocycles. The van der Waals surface area contributed by atoms with Crippen LogP contribution in [0, 0.1) is 5.92 Å². The quantitative estimate of drug-likeness (QED) is 0.781. The van der Waals surface area contributed by atoms with Crippen LogP contribution in [0.5, 0.6) is 11.5 Å². The second-order valence-corrected chi connectivity index (χ2v) is 3.91. The highest BCUT2D eigenvalue weighted by molar-refractivity contribution is 6.32. The Morgan fingerprint density at radius 1 is 1.25 bits per heavy atom. The van der Waals surface area contributed by atoms with E-state index in [1.54, 1.807) is 13.2 Å². The highest BCUT2D eigenvalue weighted by atomic mass is 35.5. The Bertz CT molecular complexity index is 298. The Labute approximate surface area is 104 Å². The molecular weight excluding hydrogens is 224 g/mol. The van der Waals surface area contributed by atoms with Crippen molar-refractivity contribution in [2.75, 3.05) is 13.7 Å². The summed E-state index contributed by atoms with van der Waals surface area (Å²) in [5.41, 5.74) is 0. The lowest BCUT2D eigenvalue weighted by Crippen LogP contribution is -2.04. The van der Waals surface area contributed by atoms with E-state index < -0.39 is 0 Å². The van der Waals surface area contributed by atoms with Crippen LogP contribution >= 0.6 is 11.6 Å². The molecule has 0 N–H and O–H groups in total. The van der Waals surface area contributed by atoms with Gasteiger partial charge in [0.25, 0.3) is 0 Å². The van der Waals surface area contributed by atoms with Crippen molar-refractivity contribution in [1.29, 1.82) is 0 Å². The second-order valence-electron chi connectivity index (χ2n) is 3.50. The van der Waals surface area contributed by atoms with Gasteiger partial charge in [0.15, 0.2) is 0 Å². The predicted octanol–water partition coefficient (Wildman–Crippen LogP) is 4.41. The average molecular weight is 245 g/mol. The molecule has 0 heterocycles. The van der Waals surface area contributed by atoms with E-state index in [0.29, 0.717) is 23.3 Å². The molecule has 0 aromatic heterocycles. The van der Waals surface area contributed by atoms with Crippen LogP contribution in [-0.2, 0) is 0 Å². The lowest BCUT2D eigenvalue weighted by molar-refractivity contribution is 0.271. The number of rotatable bonds is 4. The number of halogens is 1. The monoisotopic (exact) mass is 244 g/mol. The van der Waals surface area contributed by atoms with Gasteiger partial charge in [-0.2, -0.15) is 0 Å². The minimum absolute atomic E-state index is 0.494. The van der Waals surface area contributed by atoms with Crippen LogP contribution in [0.1, 0.15) is 27.7 Å². The van der Waals surface area contributed by atoms with Gasteiger partial charge < -0.3 is 9.47 Å². The molecule has 1 rings (SSSR count). The summed E-state index contributed by atoms with van der Waals surface area (Å²) in [6.07, 6.45) is 0. The Balaban J connectivity index is 0.00000106. The first-order valence-electron chi connectivity index (χ1n) is 5.60. The van der Waals surface area contributed by atoms with Gasteiger partial charge in [-0.25, -0.2) is 0 Å². The van der Waals surface area contributed by atoms with Gasteiger partial charge in [0, 0.05) is 6.07 Å². The Morgan fingerprint density at radius 3 is 2.31 bits per heavy atom. The fourth-order valence-electron chi connectivity index (χ4n) is 0.982. The molecule has 0 unspecified atom stereocenters. The van der Waals surface area contributed by atoms with Gasteiger partial charge in [-0.05, 0) is 18.1 Å². The Kier molecular flexibility index (Phi) is 7.82. The van der Waals surface area contributed by atoms with E-state index in [4.69, 9.17) is 21.1 Å². The minimum atomic E-state index is 0.494. The van der Waals surface area contributed by atoms with Gasteiger partial charge in [-0.3, -0.25) is 0 Å². The Morgan fingerprint density at radius 2 is 1.88 bits per heavy atom. The lowest BCUT2D eigenvalue weighted by atomic mass is 10.2. The van der Waals surface area contributed by atoms with E-state index in [0.717, 1.165) is 5.75 Å². The predicted molar refractivity (Wildman–Crippen MR) is 69.7 cm³/mol. The van der Waals surface area contributed by atoms with Crippen molar-refractivity contribution in [2.24, 2.45) is 5.92 Å². The first-order chi connectivity index (χ1) is 7.63. The average Bonchev–Trinajstić information content (AvgIpc) is 2.29. The van der Waals surface area contributed by atoms with E-state index >= 15 is 0 Å². The van der Waals surface area contributed by atoms with Crippen LogP contribution in [0.15, 0.2) is 18.2 Å². The summed E-state index contributed by atoms with van der Waals surface area (Å²) < 4.78 is 10.5. The van der Waals surface area contributed by atoms with E-state index in [1.807, 2.05) is 26.0 Å². The van der Waals surface area contributed by atoms with Crippen molar-refractivity contribution in [3.63, 3.8) is 0 Å². The highest BCUT2D eigenvalue weighted by Crippen LogP contribution is 2.28. The number of methoxy groups -OCH3 is 1. The van der Waals surface area contributed by atoms with Crippen LogP contribution in [-0.4, -0.2) is 13.7 Å². The smallest absolute Gasteiger partial charge is 0.138 e. The molecule has 16 heavy (non-hydrogen) atoms. The number of benzene rings is 1. The Hall–Kier alpha value is -0.890. The maximum absolute atomic E-state index is 5.99. The zero-order valence-corrected chi connectivity index (χ0v) is 11.5. The summed E-state index contributed by atoms with van der Waals surface area (Å²) >= 11 is 5.99. The third kappa shape index (κ3) is 5.26. The van der Waals surface area contributed by atoms with Gasteiger partial charge in [0.05, 0.1) is 18.7 Å². The van der Waals surface area contributed by atoms with Gasteiger partial charge in [0.1, 0.15) is 11.5 Å². The van der Waals surface area contributed by atoms with E-state index in [-0.39, 0.29) is 0 Å². The maximum atomic E-state index is 5.99. The third-order valence-electron chi connectivity index (χ3n) is 1.71. The minimum Gasteiger partial charge on any atom is -0.497 e.